The quantitative estimate of drug-likeness (QED) is 0.822. The lowest BCUT2D eigenvalue weighted by Crippen LogP contribution is -2.33. The second kappa shape index (κ2) is 7.93. The largest absolute Gasteiger partial charge is 0.389 e. The Hall–Kier alpha value is -1.68. The van der Waals surface area contributed by atoms with Crippen molar-refractivity contribution in [2.75, 3.05) is 20.3 Å². The van der Waals surface area contributed by atoms with Gasteiger partial charge in [-0.3, -0.25) is 0 Å². The Morgan fingerprint density at radius 2 is 1.62 bits per heavy atom. The zero-order chi connectivity index (χ0) is 15.1. The Labute approximate surface area is 126 Å². The summed E-state index contributed by atoms with van der Waals surface area (Å²) in [5, 5.41) is 13.3. The summed E-state index contributed by atoms with van der Waals surface area (Å²) in [7, 11) is 1.60. The molecule has 0 saturated carbocycles. The third-order valence-electron chi connectivity index (χ3n) is 3.46. The van der Waals surface area contributed by atoms with Crippen LogP contribution in [0.15, 0.2) is 54.6 Å². The first-order valence-electron chi connectivity index (χ1n) is 7.22. The van der Waals surface area contributed by atoms with E-state index in [-0.39, 0.29) is 6.04 Å². The van der Waals surface area contributed by atoms with Gasteiger partial charge in [0, 0.05) is 13.7 Å². The molecule has 0 aliphatic rings. The zero-order valence-electron chi connectivity index (χ0n) is 12.6. The first-order chi connectivity index (χ1) is 10.2. The zero-order valence-corrected chi connectivity index (χ0v) is 12.6. The molecule has 0 heterocycles. The van der Waals surface area contributed by atoms with E-state index in [2.05, 4.69) is 48.6 Å². The van der Waals surface area contributed by atoms with Crippen molar-refractivity contribution < 1.29 is 9.84 Å². The first-order valence-corrected chi connectivity index (χ1v) is 7.22. The molecule has 2 N–H and O–H groups in total. The number of aryl methyl sites for hydroxylation is 1. The Bertz CT molecular complexity index is 525. The highest BCUT2D eigenvalue weighted by molar-refractivity contribution is 5.33. The predicted octanol–water partition coefficient (Wildman–Crippen LogP) is 2.68. The van der Waals surface area contributed by atoms with Gasteiger partial charge in [0.1, 0.15) is 0 Å². The van der Waals surface area contributed by atoms with Crippen LogP contribution in [0.1, 0.15) is 22.7 Å². The third kappa shape index (κ3) is 4.67. The van der Waals surface area contributed by atoms with Crippen LogP contribution < -0.4 is 5.32 Å². The highest BCUT2D eigenvalue weighted by atomic mass is 16.5. The molecular weight excluding hydrogens is 262 g/mol. The van der Waals surface area contributed by atoms with Gasteiger partial charge in [0.25, 0.3) is 0 Å². The molecule has 0 aliphatic carbocycles. The minimum atomic E-state index is -0.508. The summed E-state index contributed by atoms with van der Waals surface area (Å²) in [6.07, 6.45) is -0.508. The summed E-state index contributed by atoms with van der Waals surface area (Å²) in [6, 6.07) is 18.8. The molecule has 0 spiro atoms. The van der Waals surface area contributed by atoms with Gasteiger partial charge in [-0.1, -0.05) is 60.2 Å². The fourth-order valence-corrected chi connectivity index (χ4v) is 2.34. The van der Waals surface area contributed by atoms with Crippen molar-refractivity contribution in [1.29, 1.82) is 0 Å². The molecule has 2 atom stereocenters. The first kappa shape index (κ1) is 15.7. The van der Waals surface area contributed by atoms with Crippen molar-refractivity contribution in [3.05, 3.63) is 71.3 Å². The summed E-state index contributed by atoms with van der Waals surface area (Å²) in [5.41, 5.74) is 3.62. The summed E-state index contributed by atoms with van der Waals surface area (Å²) in [4.78, 5) is 0. The molecule has 3 heteroatoms. The second-order valence-corrected chi connectivity index (χ2v) is 5.27. The molecule has 2 rings (SSSR count). The number of hydrogen-bond donors (Lipinski definition) is 2. The normalized spacial score (nSPS) is 13.9. The standard InChI is InChI=1S/C18H23NO2/c1-14-8-10-16(11-9-14)18(15-6-4-3-5-7-15)19-12-17(20)13-21-2/h3-11,17-20H,12-13H2,1-2H3. The van der Waals surface area contributed by atoms with Crippen LogP contribution in [0.5, 0.6) is 0 Å². The molecule has 3 nitrogen and oxygen atoms in total. The lowest BCUT2D eigenvalue weighted by atomic mass is 9.97. The monoisotopic (exact) mass is 285 g/mol. The van der Waals surface area contributed by atoms with Crippen molar-refractivity contribution in [1.82, 2.24) is 5.32 Å². The molecule has 112 valence electrons. The molecular formula is C18H23NO2. The topological polar surface area (TPSA) is 41.5 Å². The molecule has 0 bridgehead atoms. The van der Waals surface area contributed by atoms with Crippen LogP contribution >= 0.6 is 0 Å². The minimum Gasteiger partial charge on any atom is -0.389 e. The van der Waals surface area contributed by atoms with E-state index in [9.17, 15) is 5.11 Å². The molecule has 21 heavy (non-hydrogen) atoms. The van der Waals surface area contributed by atoms with Crippen LogP contribution in [-0.4, -0.2) is 31.5 Å². The van der Waals surface area contributed by atoms with Gasteiger partial charge >= 0.3 is 0 Å². The maximum Gasteiger partial charge on any atom is 0.0897 e. The number of aliphatic hydroxyl groups is 1. The van der Waals surface area contributed by atoms with Gasteiger partial charge in [0.05, 0.1) is 18.8 Å². The fraction of sp³-hybridized carbons (Fsp3) is 0.333. The van der Waals surface area contributed by atoms with Crippen molar-refractivity contribution in [3.8, 4) is 0 Å². The van der Waals surface area contributed by atoms with Gasteiger partial charge in [-0.25, -0.2) is 0 Å². The average Bonchev–Trinajstić information content (AvgIpc) is 2.50. The van der Waals surface area contributed by atoms with E-state index in [1.165, 1.54) is 16.7 Å². The number of nitrogens with one attached hydrogen (secondary N) is 1. The van der Waals surface area contributed by atoms with E-state index >= 15 is 0 Å². The van der Waals surface area contributed by atoms with Crippen LogP contribution in [0, 0.1) is 6.92 Å². The van der Waals surface area contributed by atoms with Crippen molar-refractivity contribution in [2.45, 2.75) is 19.1 Å². The maximum atomic E-state index is 9.85. The number of ether oxygens (including phenoxy) is 1. The van der Waals surface area contributed by atoms with Gasteiger partial charge in [0.15, 0.2) is 0 Å². The van der Waals surface area contributed by atoms with Crippen LogP contribution in [-0.2, 0) is 4.74 Å². The molecule has 2 aromatic rings. The SMILES string of the molecule is COCC(O)CNC(c1ccccc1)c1ccc(C)cc1. The number of aliphatic hydroxyl groups excluding tert-OH is 1. The smallest absolute Gasteiger partial charge is 0.0897 e. The molecule has 0 saturated heterocycles. The van der Waals surface area contributed by atoms with E-state index in [0.29, 0.717) is 13.2 Å². The maximum absolute atomic E-state index is 9.85. The lowest BCUT2D eigenvalue weighted by molar-refractivity contribution is 0.0634. The van der Waals surface area contributed by atoms with Gasteiger partial charge in [0.2, 0.25) is 0 Å². The highest BCUT2D eigenvalue weighted by Crippen LogP contribution is 2.22. The lowest BCUT2D eigenvalue weighted by Gasteiger charge is -2.22. The van der Waals surface area contributed by atoms with E-state index in [4.69, 9.17) is 4.74 Å². The molecule has 0 radical (unpaired) electrons. The summed E-state index contributed by atoms with van der Waals surface area (Å²) >= 11 is 0. The van der Waals surface area contributed by atoms with Gasteiger partial charge in [-0.05, 0) is 18.1 Å². The van der Waals surface area contributed by atoms with Gasteiger partial charge < -0.3 is 15.2 Å². The van der Waals surface area contributed by atoms with Crippen LogP contribution in [0.2, 0.25) is 0 Å². The molecule has 2 aromatic carbocycles. The molecule has 0 fully saturated rings. The molecule has 0 aliphatic heterocycles. The fourth-order valence-electron chi connectivity index (χ4n) is 2.34. The second-order valence-electron chi connectivity index (χ2n) is 5.27. The third-order valence-corrected chi connectivity index (χ3v) is 3.46. The summed E-state index contributed by atoms with van der Waals surface area (Å²) in [6.45, 7) is 2.90. The Balaban J connectivity index is 2.16. The Kier molecular flexibility index (Phi) is 5.93. The van der Waals surface area contributed by atoms with E-state index in [1.54, 1.807) is 7.11 Å². The van der Waals surface area contributed by atoms with E-state index in [1.807, 2.05) is 18.2 Å². The number of rotatable bonds is 7. The van der Waals surface area contributed by atoms with Gasteiger partial charge in [-0.2, -0.15) is 0 Å². The average molecular weight is 285 g/mol. The van der Waals surface area contributed by atoms with Crippen LogP contribution in [0.4, 0.5) is 0 Å². The van der Waals surface area contributed by atoms with Crippen molar-refractivity contribution in [3.63, 3.8) is 0 Å². The number of methoxy groups -OCH3 is 1. The minimum absolute atomic E-state index is 0.0679. The molecule has 2 unspecified atom stereocenters. The highest BCUT2D eigenvalue weighted by Gasteiger charge is 2.15. The van der Waals surface area contributed by atoms with Crippen LogP contribution in [0.3, 0.4) is 0 Å². The van der Waals surface area contributed by atoms with E-state index in [0.717, 1.165) is 0 Å². The Morgan fingerprint density at radius 3 is 2.24 bits per heavy atom. The van der Waals surface area contributed by atoms with Gasteiger partial charge in [-0.15, -0.1) is 0 Å². The van der Waals surface area contributed by atoms with Crippen molar-refractivity contribution in [2.24, 2.45) is 0 Å². The van der Waals surface area contributed by atoms with E-state index < -0.39 is 6.10 Å². The number of benzene rings is 2. The molecule has 0 aromatic heterocycles. The van der Waals surface area contributed by atoms with Crippen molar-refractivity contribution >= 4 is 0 Å². The summed E-state index contributed by atoms with van der Waals surface area (Å²) in [5.74, 6) is 0. The summed E-state index contributed by atoms with van der Waals surface area (Å²) < 4.78 is 4.97. The molecule has 0 amide bonds. The van der Waals surface area contributed by atoms with Crippen LogP contribution in [0.25, 0.3) is 0 Å². The Morgan fingerprint density at radius 1 is 1.00 bits per heavy atom. The number of hydrogen-bond acceptors (Lipinski definition) is 3. The predicted molar refractivity (Wildman–Crippen MR) is 85.3 cm³/mol.